The van der Waals surface area contributed by atoms with Gasteiger partial charge in [-0.3, -0.25) is 0 Å². The predicted molar refractivity (Wildman–Crippen MR) is 90.6 cm³/mol. The first-order chi connectivity index (χ1) is 10.2. The highest BCUT2D eigenvalue weighted by Gasteiger charge is 2.20. The van der Waals surface area contributed by atoms with Crippen molar-refractivity contribution in [2.24, 2.45) is 11.8 Å². The van der Waals surface area contributed by atoms with E-state index in [1.54, 1.807) is 0 Å². The van der Waals surface area contributed by atoms with Gasteiger partial charge < -0.3 is 10.2 Å². The Balaban J connectivity index is 1.96. The molecule has 1 saturated heterocycles. The highest BCUT2D eigenvalue weighted by atomic mass is 15.2. The van der Waals surface area contributed by atoms with Crippen LogP contribution in [0.15, 0.2) is 18.3 Å². The fourth-order valence-electron chi connectivity index (χ4n) is 3.17. The first-order valence-corrected chi connectivity index (χ1v) is 8.61. The van der Waals surface area contributed by atoms with Gasteiger partial charge in [0.1, 0.15) is 5.82 Å². The summed E-state index contributed by atoms with van der Waals surface area (Å²) in [5.74, 6) is 2.85. The minimum atomic E-state index is 0.808. The van der Waals surface area contributed by atoms with E-state index in [4.69, 9.17) is 0 Å². The molecular formula is C18H31N3. The summed E-state index contributed by atoms with van der Waals surface area (Å²) in [5.41, 5.74) is 1.35. The van der Waals surface area contributed by atoms with Crippen molar-refractivity contribution in [1.82, 2.24) is 10.3 Å². The van der Waals surface area contributed by atoms with Crippen LogP contribution in [0, 0.1) is 11.8 Å². The molecular weight excluding hydrogens is 258 g/mol. The number of hydrogen-bond donors (Lipinski definition) is 1. The van der Waals surface area contributed by atoms with E-state index in [0.29, 0.717) is 0 Å². The van der Waals surface area contributed by atoms with Gasteiger partial charge in [-0.2, -0.15) is 0 Å². The van der Waals surface area contributed by atoms with Crippen molar-refractivity contribution < 1.29 is 0 Å². The Morgan fingerprint density at radius 1 is 1.33 bits per heavy atom. The zero-order valence-electron chi connectivity index (χ0n) is 13.9. The first-order valence-electron chi connectivity index (χ1n) is 8.61. The lowest BCUT2D eigenvalue weighted by atomic mass is 9.89. The predicted octanol–water partition coefficient (Wildman–Crippen LogP) is 3.84. The lowest BCUT2D eigenvalue weighted by Gasteiger charge is -2.23. The fraction of sp³-hybridized carbons (Fsp3) is 0.722. The number of nitrogens with zero attached hydrogens (tertiary/aromatic N) is 2. The van der Waals surface area contributed by atoms with Crippen LogP contribution < -0.4 is 10.2 Å². The fourth-order valence-corrected chi connectivity index (χ4v) is 3.17. The average Bonchev–Trinajstić information content (AvgIpc) is 2.74. The maximum Gasteiger partial charge on any atom is 0.128 e. The largest absolute Gasteiger partial charge is 0.357 e. The normalized spacial score (nSPS) is 19.8. The van der Waals surface area contributed by atoms with Crippen LogP contribution in [0.3, 0.4) is 0 Å². The van der Waals surface area contributed by atoms with Crippen LogP contribution in [0.1, 0.15) is 52.0 Å². The maximum atomic E-state index is 4.60. The van der Waals surface area contributed by atoms with E-state index in [1.165, 1.54) is 31.2 Å². The number of anilines is 1. The third kappa shape index (κ3) is 4.99. The number of aromatic nitrogens is 1. The van der Waals surface area contributed by atoms with Crippen molar-refractivity contribution in [1.29, 1.82) is 0 Å². The zero-order valence-corrected chi connectivity index (χ0v) is 13.9. The van der Waals surface area contributed by atoms with Crippen LogP contribution in [0.4, 0.5) is 5.82 Å². The Morgan fingerprint density at radius 3 is 2.95 bits per heavy atom. The number of hydrogen-bond acceptors (Lipinski definition) is 3. The second kappa shape index (κ2) is 8.38. The number of nitrogens with one attached hydrogen (secondary N) is 1. The summed E-state index contributed by atoms with van der Waals surface area (Å²) < 4.78 is 0. The number of pyridine rings is 1. The van der Waals surface area contributed by atoms with Crippen molar-refractivity contribution >= 4 is 5.82 Å². The van der Waals surface area contributed by atoms with Gasteiger partial charge in [0.05, 0.1) is 0 Å². The maximum absolute atomic E-state index is 4.60. The molecule has 0 amide bonds. The minimum Gasteiger partial charge on any atom is -0.357 e. The van der Waals surface area contributed by atoms with E-state index in [0.717, 1.165) is 43.8 Å². The van der Waals surface area contributed by atoms with Crippen LogP contribution in [0.2, 0.25) is 0 Å². The Hall–Kier alpha value is -1.09. The Labute approximate surface area is 130 Å². The van der Waals surface area contributed by atoms with Gasteiger partial charge in [0.25, 0.3) is 0 Å². The SMILES string of the molecule is CCCNCc1ccnc(N2CCCC(C(C)C)CC2)c1. The van der Waals surface area contributed by atoms with Gasteiger partial charge in [-0.05, 0) is 61.8 Å². The summed E-state index contributed by atoms with van der Waals surface area (Å²) in [4.78, 5) is 7.08. The standard InChI is InChI=1S/C18H31N3/c1-4-9-19-14-16-7-10-20-18(13-16)21-11-5-6-17(8-12-21)15(2)3/h7,10,13,15,17,19H,4-6,8-9,11-12,14H2,1-3H3. The van der Waals surface area contributed by atoms with E-state index < -0.39 is 0 Å². The van der Waals surface area contributed by atoms with Crippen LogP contribution >= 0.6 is 0 Å². The molecule has 118 valence electrons. The highest BCUT2D eigenvalue weighted by molar-refractivity contribution is 5.41. The van der Waals surface area contributed by atoms with Gasteiger partial charge in [0.15, 0.2) is 0 Å². The highest BCUT2D eigenvalue weighted by Crippen LogP contribution is 2.26. The lowest BCUT2D eigenvalue weighted by Crippen LogP contribution is -2.25. The molecule has 2 rings (SSSR count). The van der Waals surface area contributed by atoms with Crippen LogP contribution in [0.5, 0.6) is 0 Å². The van der Waals surface area contributed by atoms with Gasteiger partial charge in [-0.25, -0.2) is 4.98 Å². The molecule has 3 heteroatoms. The van der Waals surface area contributed by atoms with Crippen molar-refractivity contribution in [3.8, 4) is 0 Å². The summed E-state index contributed by atoms with van der Waals surface area (Å²) in [7, 11) is 0. The van der Waals surface area contributed by atoms with Crippen molar-refractivity contribution in [3.05, 3.63) is 23.9 Å². The smallest absolute Gasteiger partial charge is 0.128 e. The second-order valence-corrected chi connectivity index (χ2v) is 6.62. The molecule has 1 aromatic rings. The molecule has 1 aromatic heterocycles. The van der Waals surface area contributed by atoms with Gasteiger partial charge in [-0.1, -0.05) is 20.8 Å². The molecule has 2 heterocycles. The minimum absolute atomic E-state index is 0.808. The third-order valence-electron chi connectivity index (χ3n) is 4.61. The second-order valence-electron chi connectivity index (χ2n) is 6.62. The summed E-state index contributed by atoms with van der Waals surface area (Å²) in [6.45, 7) is 11.3. The van der Waals surface area contributed by atoms with Gasteiger partial charge >= 0.3 is 0 Å². The van der Waals surface area contributed by atoms with Crippen molar-refractivity contribution in [2.75, 3.05) is 24.5 Å². The summed E-state index contributed by atoms with van der Waals surface area (Å²) >= 11 is 0. The zero-order chi connectivity index (χ0) is 15.1. The molecule has 0 radical (unpaired) electrons. The van der Waals surface area contributed by atoms with Crippen LogP contribution in [0.25, 0.3) is 0 Å². The summed E-state index contributed by atoms with van der Waals surface area (Å²) in [5, 5.41) is 3.47. The average molecular weight is 289 g/mol. The third-order valence-corrected chi connectivity index (χ3v) is 4.61. The molecule has 1 aliphatic rings. The number of rotatable bonds is 6. The Bertz CT molecular complexity index is 417. The van der Waals surface area contributed by atoms with Gasteiger partial charge in [0, 0.05) is 25.8 Å². The molecule has 0 aromatic carbocycles. The van der Waals surface area contributed by atoms with E-state index in [1.807, 2.05) is 6.20 Å². The quantitative estimate of drug-likeness (QED) is 0.806. The molecule has 1 fully saturated rings. The Morgan fingerprint density at radius 2 is 2.19 bits per heavy atom. The molecule has 0 bridgehead atoms. The van der Waals surface area contributed by atoms with E-state index >= 15 is 0 Å². The van der Waals surface area contributed by atoms with E-state index in [9.17, 15) is 0 Å². The molecule has 0 saturated carbocycles. The van der Waals surface area contributed by atoms with Crippen molar-refractivity contribution in [2.45, 2.75) is 53.0 Å². The first kappa shape index (κ1) is 16.3. The molecule has 0 aliphatic carbocycles. The van der Waals surface area contributed by atoms with E-state index in [2.05, 4.69) is 48.1 Å². The topological polar surface area (TPSA) is 28.2 Å². The lowest BCUT2D eigenvalue weighted by molar-refractivity contribution is 0.351. The molecule has 1 atom stereocenters. The van der Waals surface area contributed by atoms with E-state index in [-0.39, 0.29) is 0 Å². The summed E-state index contributed by atoms with van der Waals surface area (Å²) in [6, 6.07) is 4.39. The molecule has 1 N–H and O–H groups in total. The molecule has 1 aliphatic heterocycles. The molecule has 21 heavy (non-hydrogen) atoms. The monoisotopic (exact) mass is 289 g/mol. The van der Waals surface area contributed by atoms with Gasteiger partial charge in [-0.15, -0.1) is 0 Å². The molecule has 1 unspecified atom stereocenters. The van der Waals surface area contributed by atoms with Crippen LogP contribution in [-0.4, -0.2) is 24.6 Å². The summed E-state index contributed by atoms with van der Waals surface area (Å²) in [6.07, 6.45) is 7.11. The molecule has 0 spiro atoms. The Kier molecular flexibility index (Phi) is 6.50. The van der Waals surface area contributed by atoms with Crippen LogP contribution in [-0.2, 0) is 6.54 Å². The van der Waals surface area contributed by atoms with Crippen molar-refractivity contribution in [3.63, 3.8) is 0 Å². The van der Waals surface area contributed by atoms with Gasteiger partial charge in [0.2, 0.25) is 0 Å². The molecule has 3 nitrogen and oxygen atoms in total.